The molecule has 3 aliphatic rings. The van der Waals surface area contributed by atoms with Crippen molar-refractivity contribution in [1.29, 1.82) is 10.8 Å². The number of nitrogens with zero attached hydrogens (tertiary/aromatic N) is 3. The lowest BCUT2D eigenvalue weighted by atomic mass is 9.83. The Morgan fingerprint density at radius 1 is 1.19 bits per heavy atom. The molecule has 10 heteroatoms. The third kappa shape index (κ3) is 6.40. The Morgan fingerprint density at radius 3 is 2.56 bits per heavy atom. The molecule has 1 amide bonds. The van der Waals surface area contributed by atoms with Crippen molar-refractivity contribution >= 4 is 41.0 Å². The minimum absolute atomic E-state index is 0.00242. The first-order chi connectivity index (χ1) is 17.2. The first-order valence-corrected chi connectivity index (χ1v) is 13.2. The van der Waals surface area contributed by atoms with Crippen LogP contribution >= 0.6 is 23.2 Å². The summed E-state index contributed by atoms with van der Waals surface area (Å²) in [5.41, 5.74) is 1.20. The van der Waals surface area contributed by atoms with E-state index in [-0.39, 0.29) is 47.1 Å². The number of rotatable bonds is 5. The molecule has 0 radical (unpaired) electrons. The number of pyridine rings is 1. The van der Waals surface area contributed by atoms with Crippen molar-refractivity contribution in [3.63, 3.8) is 0 Å². The molecule has 36 heavy (non-hydrogen) atoms. The van der Waals surface area contributed by atoms with Crippen LogP contribution in [-0.2, 0) is 9.53 Å². The monoisotopic (exact) mass is 533 g/mol. The second-order valence-corrected chi connectivity index (χ2v) is 10.7. The maximum atomic E-state index is 13.6. The molecule has 3 heterocycles. The average Bonchev–Trinajstić information content (AvgIpc) is 3.31. The normalized spacial score (nSPS) is 25.3. The van der Waals surface area contributed by atoms with E-state index in [1.165, 1.54) is 12.5 Å². The largest absolute Gasteiger partial charge is 0.474 e. The van der Waals surface area contributed by atoms with E-state index < -0.39 is 0 Å². The molecule has 2 fully saturated rings. The zero-order valence-corrected chi connectivity index (χ0v) is 22.1. The van der Waals surface area contributed by atoms with Crippen LogP contribution in [0.3, 0.4) is 0 Å². The summed E-state index contributed by atoms with van der Waals surface area (Å²) in [4.78, 5) is 21.6. The Labute approximate surface area is 222 Å². The van der Waals surface area contributed by atoms with Crippen molar-refractivity contribution < 1.29 is 14.3 Å². The first-order valence-electron chi connectivity index (χ1n) is 12.4. The van der Waals surface area contributed by atoms with E-state index in [1.54, 1.807) is 23.2 Å². The van der Waals surface area contributed by atoms with Crippen molar-refractivity contribution in [2.75, 3.05) is 26.2 Å². The number of hydrogen-bond donors (Lipinski definition) is 2. The van der Waals surface area contributed by atoms with Crippen LogP contribution in [0.15, 0.2) is 42.1 Å². The van der Waals surface area contributed by atoms with Gasteiger partial charge in [-0.15, -0.1) is 11.6 Å². The maximum Gasteiger partial charge on any atom is 0.291 e. The molecule has 2 saturated heterocycles. The standard InChI is InChI=1S/C26H33Cl2N5O3/c1-16(35-24-8-7-21(28)13-31-24)22-14-33(15-23(22)18-3-5-20(27)6-4-18)25(34)19-9-11-32(12-10-19)26(30)36-17(2)29/h3-5,7-8,13,16,19-20,22-23,29-30H,6,9-12,14-15H2,1-2H3. The van der Waals surface area contributed by atoms with Gasteiger partial charge in [-0.25, -0.2) is 4.98 Å². The minimum Gasteiger partial charge on any atom is -0.474 e. The number of hydrogen-bond acceptors (Lipinski definition) is 6. The molecule has 0 spiro atoms. The highest BCUT2D eigenvalue weighted by Crippen LogP contribution is 2.37. The second-order valence-electron chi connectivity index (χ2n) is 9.69. The van der Waals surface area contributed by atoms with Gasteiger partial charge in [0.05, 0.1) is 10.4 Å². The summed E-state index contributed by atoms with van der Waals surface area (Å²) in [5.74, 6) is 0.822. The smallest absolute Gasteiger partial charge is 0.291 e. The zero-order chi connectivity index (χ0) is 25.8. The molecule has 4 atom stereocenters. The SMILES string of the molecule is CC(=N)OC(=N)N1CCC(C(=O)N2CC(C3=CCC(Cl)C=C3)C(C(C)Oc3ccc(Cl)cn3)C2)CC1. The first kappa shape index (κ1) is 26.5. The van der Waals surface area contributed by atoms with Gasteiger partial charge in [0.1, 0.15) is 6.10 Å². The van der Waals surface area contributed by atoms with Gasteiger partial charge in [-0.2, -0.15) is 0 Å². The van der Waals surface area contributed by atoms with Crippen molar-refractivity contribution in [2.45, 2.75) is 44.6 Å². The fourth-order valence-corrected chi connectivity index (χ4v) is 5.50. The van der Waals surface area contributed by atoms with Gasteiger partial charge in [0, 0.05) is 63.1 Å². The van der Waals surface area contributed by atoms with E-state index in [0.29, 0.717) is 49.9 Å². The summed E-state index contributed by atoms with van der Waals surface area (Å²) >= 11 is 12.2. The quantitative estimate of drug-likeness (QED) is 0.323. The molecular weight excluding hydrogens is 501 g/mol. The average molecular weight is 534 g/mol. The molecular formula is C26H33Cl2N5O3. The van der Waals surface area contributed by atoms with Crippen molar-refractivity contribution in [2.24, 2.45) is 17.8 Å². The highest BCUT2D eigenvalue weighted by molar-refractivity contribution is 6.30. The predicted molar refractivity (Wildman–Crippen MR) is 141 cm³/mol. The Kier molecular flexibility index (Phi) is 8.57. The molecule has 1 aromatic rings. The van der Waals surface area contributed by atoms with Gasteiger partial charge in [-0.3, -0.25) is 15.6 Å². The molecule has 0 aromatic carbocycles. The highest BCUT2D eigenvalue weighted by atomic mass is 35.5. The lowest BCUT2D eigenvalue weighted by Crippen LogP contribution is -2.44. The summed E-state index contributed by atoms with van der Waals surface area (Å²) in [5, 5.41) is 16.0. The Hall–Kier alpha value is -2.58. The van der Waals surface area contributed by atoms with Crippen molar-refractivity contribution in [1.82, 2.24) is 14.8 Å². The van der Waals surface area contributed by atoms with Gasteiger partial charge in [0.2, 0.25) is 11.8 Å². The van der Waals surface area contributed by atoms with Gasteiger partial charge in [-0.1, -0.05) is 29.8 Å². The van der Waals surface area contributed by atoms with E-state index in [4.69, 9.17) is 43.5 Å². The number of allylic oxidation sites excluding steroid dienone is 3. The highest BCUT2D eigenvalue weighted by Gasteiger charge is 2.42. The summed E-state index contributed by atoms with van der Waals surface area (Å²) in [6, 6.07) is 3.50. The Bertz CT molecular complexity index is 1040. The van der Waals surface area contributed by atoms with Gasteiger partial charge in [0.15, 0.2) is 5.90 Å². The molecule has 1 aliphatic carbocycles. The van der Waals surface area contributed by atoms with Crippen LogP contribution in [0.1, 0.15) is 33.1 Å². The number of nitrogens with one attached hydrogen (secondary N) is 2. The predicted octanol–water partition coefficient (Wildman–Crippen LogP) is 4.73. The fraction of sp³-hybridized carbons (Fsp3) is 0.538. The van der Waals surface area contributed by atoms with E-state index in [2.05, 4.69) is 17.1 Å². The molecule has 4 unspecified atom stereocenters. The summed E-state index contributed by atoms with van der Waals surface area (Å²) in [6.45, 7) is 5.92. The molecule has 194 valence electrons. The number of alkyl halides is 1. The molecule has 0 saturated carbocycles. The third-order valence-electron chi connectivity index (χ3n) is 7.17. The fourth-order valence-electron chi connectivity index (χ4n) is 5.23. The number of halogens is 2. The molecule has 0 bridgehead atoms. The second kappa shape index (κ2) is 11.6. The summed E-state index contributed by atoms with van der Waals surface area (Å²) in [6.07, 6.45) is 9.80. The van der Waals surface area contributed by atoms with Gasteiger partial charge in [-0.05, 0) is 37.8 Å². The topological polar surface area (TPSA) is 103 Å². The number of carbonyl (C=O) groups excluding carboxylic acids is 1. The van der Waals surface area contributed by atoms with E-state index >= 15 is 0 Å². The number of likely N-dealkylation sites (tertiary alicyclic amines) is 2. The maximum absolute atomic E-state index is 13.6. The van der Waals surface area contributed by atoms with Crippen LogP contribution in [0.4, 0.5) is 0 Å². The van der Waals surface area contributed by atoms with Crippen LogP contribution in [0.5, 0.6) is 5.88 Å². The van der Waals surface area contributed by atoms with Crippen LogP contribution < -0.4 is 4.74 Å². The van der Waals surface area contributed by atoms with E-state index in [9.17, 15) is 4.79 Å². The lowest BCUT2D eigenvalue weighted by molar-refractivity contribution is -0.136. The van der Waals surface area contributed by atoms with Gasteiger partial charge >= 0.3 is 0 Å². The van der Waals surface area contributed by atoms with Gasteiger partial charge in [0.25, 0.3) is 6.02 Å². The zero-order valence-electron chi connectivity index (χ0n) is 20.6. The Balaban J connectivity index is 1.43. The number of ether oxygens (including phenoxy) is 2. The van der Waals surface area contributed by atoms with Crippen molar-refractivity contribution in [3.8, 4) is 5.88 Å². The van der Waals surface area contributed by atoms with Crippen molar-refractivity contribution in [3.05, 3.63) is 47.2 Å². The van der Waals surface area contributed by atoms with E-state index in [1.807, 2.05) is 17.9 Å². The summed E-state index contributed by atoms with van der Waals surface area (Å²) in [7, 11) is 0. The molecule has 2 N–H and O–H groups in total. The number of piperidine rings is 1. The lowest BCUT2D eigenvalue weighted by Gasteiger charge is -2.33. The Morgan fingerprint density at radius 2 is 1.94 bits per heavy atom. The van der Waals surface area contributed by atoms with E-state index in [0.717, 1.165) is 6.42 Å². The van der Waals surface area contributed by atoms with Crippen LogP contribution in [0, 0.1) is 28.6 Å². The molecule has 8 nitrogen and oxygen atoms in total. The third-order valence-corrected chi connectivity index (χ3v) is 7.72. The minimum atomic E-state index is -0.159. The van der Waals surface area contributed by atoms with Gasteiger partial charge < -0.3 is 19.3 Å². The number of aromatic nitrogens is 1. The molecule has 2 aliphatic heterocycles. The number of amides is 1. The number of carbonyl (C=O) groups is 1. The molecule has 1 aromatic heterocycles. The van der Waals surface area contributed by atoms with Crippen LogP contribution in [0.25, 0.3) is 0 Å². The van der Waals surface area contributed by atoms with Crippen LogP contribution in [-0.4, -0.2) is 70.3 Å². The molecule has 4 rings (SSSR count). The van der Waals surface area contributed by atoms with Crippen LogP contribution in [0.2, 0.25) is 5.02 Å². The summed E-state index contributed by atoms with van der Waals surface area (Å²) < 4.78 is 11.3. The number of amidine groups is 1.